The number of fused-ring (bicyclic) bond motifs is 1. The summed E-state index contributed by atoms with van der Waals surface area (Å²) < 4.78 is 18.0. The van der Waals surface area contributed by atoms with E-state index in [0.717, 1.165) is 57.9 Å². The first-order valence-corrected chi connectivity index (χ1v) is 10.7. The van der Waals surface area contributed by atoms with Gasteiger partial charge in [0.05, 0.1) is 18.7 Å². The summed E-state index contributed by atoms with van der Waals surface area (Å²) >= 11 is 3.58. The minimum absolute atomic E-state index is 0. The van der Waals surface area contributed by atoms with Gasteiger partial charge in [-0.25, -0.2) is 0 Å². The maximum atomic E-state index is 6.12. The Morgan fingerprint density at radius 1 is 0.871 bits per heavy atom. The lowest BCUT2D eigenvalue weighted by atomic mass is 9.93. The molecule has 0 atom stereocenters. The molecule has 0 spiro atoms. The zero-order valence-electron chi connectivity index (χ0n) is 17.6. The highest BCUT2D eigenvalue weighted by Crippen LogP contribution is 2.34. The van der Waals surface area contributed by atoms with Gasteiger partial charge in [0.1, 0.15) is 12.4 Å². The van der Waals surface area contributed by atoms with Gasteiger partial charge in [-0.2, -0.15) is 0 Å². The minimum atomic E-state index is 0. The number of aliphatic imine (C=N–C) groups is 1. The van der Waals surface area contributed by atoms with Crippen molar-refractivity contribution < 1.29 is 14.2 Å². The van der Waals surface area contributed by atoms with Gasteiger partial charge in [-0.1, -0.05) is 36.4 Å². The molecule has 6 heteroatoms. The normalized spacial score (nSPS) is 12.3. The van der Waals surface area contributed by atoms with Crippen LogP contribution in [0.2, 0.25) is 0 Å². The summed E-state index contributed by atoms with van der Waals surface area (Å²) in [4.78, 5) is 4.83. The highest BCUT2D eigenvalue weighted by atomic mass is 79.9. The van der Waals surface area contributed by atoms with Crippen LogP contribution in [0.25, 0.3) is 0 Å². The molecular formula is C25H25BrClNO3. The molecule has 162 valence electrons. The van der Waals surface area contributed by atoms with Crippen LogP contribution in [0, 0.1) is 0 Å². The lowest BCUT2D eigenvalue weighted by Crippen LogP contribution is -2.16. The van der Waals surface area contributed by atoms with E-state index in [2.05, 4.69) is 52.3 Å². The second-order valence-electron chi connectivity index (χ2n) is 7.16. The number of nitrogens with zero attached hydrogens (tertiary/aromatic N) is 1. The molecule has 0 fully saturated rings. The van der Waals surface area contributed by atoms with Gasteiger partial charge in [0.25, 0.3) is 0 Å². The molecule has 0 saturated heterocycles. The fourth-order valence-corrected chi connectivity index (χ4v) is 4.23. The largest absolute Gasteiger partial charge is 0.496 e. The van der Waals surface area contributed by atoms with E-state index < -0.39 is 0 Å². The summed E-state index contributed by atoms with van der Waals surface area (Å²) in [5, 5.41) is 0. The van der Waals surface area contributed by atoms with E-state index >= 15 is 0 Å². The molecule has 3 aromatic carbocycles. The Bertz CT molecular complexity index is 1070. The lowest BCUT2D eigenvalue weighted by Gasteiger charge is -2.21. The van der Waals surface area contributed by atoms with Crippen LogP contribution in [0.4, 0.5) is 0 Å². The molecule has 0 saturated carbocycles. The standard InChI is InChI=1S/C25H24BrNO3.ClH/c1-28-23-9-8-18(12-21(23)26)13-22-20-15-25(30-16-17-6-4-3-5-7-17)24(29-2)14-19(20)10-11-27-22;/h3-9,12,14-15H,10-11,13,16H2,1-2H3;1H. The quantitative estimate of drug-likeness (QED) is 0.394. The molecule has 1 aliphatic rings. The van der Waals surface area contributed by atoms with E-state index in [1.54, 1.807) is 14.2 Å². The summed E-state index contributed by atoms with van der Waals surface area (Å²) in [6, 6.07) is 20.5. The van der Waals surface area contributed by atoms with Crippen molar-refractivity contribution in [3.05, 3.63) is 87.4 Å². The summed E-state index contributed by atoms with van der Waals surface area (Å²) in [5.41, 5.74) is 5.75. The fourth-order valence-electron chi connectivity index (χ4n) is 3.65. The maximum Gasteiger partial charge on any atom is 0.162 e. The van der Waals surface area contributed by atoms with Gasteiger partial charge in [-0.05, 0) is 63.3 Å². The molecule has 0 amide bonds. The summed E-state index contributed by atoms with van der Waals surface area (Å²) in [7, 11) is 3.36. The van der Waals surface area contributed by atoms with Crippen molar-refractivity contribution in [1.82, 2.24) is 0 Å². The molecule has 3 aromatic rings. The summed E-state index contributed by atoms with van der Waals surface area (Å²) in [6.07, 6.45) is 1.65. The summed E-state index contributed by atoms with van der Waals surface area (Å²) in [5.74, 6) is 2.33. The van der Waals surface area contributed by atoms with Crippen molar-refractivity contribution in [1.29, 1.82) is 0 Å². The van der Waals surface area contributed by atoms with Gasteiger partial charge >= 0.3 is 0 Å². The lowest BCUT2D eigenvalue weighted by molar-refractivity contribution is 0.284. The Hall–Kier alpha value is -2.50. The third-order valence-electron chi connectivity index (χ3n) is 5.21. The number of halogens is 2. The Labute approximate surface area is 197 Å². The Morgan fingerprint density at radius 2 is 1.65 bits per heavy atom. The Balaban J connectivity index is 0.00000272. The number of methoxy groups -OCH3 is 2. The van der Waals surface area contributed by atoms with E-state index in [1.165, 1.54) is 11.1 Å². The third kappa shape index (κ3) is 5.41. The number of hydrogen-bond donors (Lipinski definition) is 0. The van der Waals surface area contributed by atoms with Crippen molar-refractivity contribution in [3.63, 3.8) is 0 Å². The second kappa shape index (κ2) is 10.7. The monoisotopic (exact) mass is 501 g/mol. The molecule has 4 rings (SSSR count). The molecule has 0 bridgehead atoms. The van der Waals surface area contributed by atoms with Gasteiger partial charge in [-0.15, -0.1) is 12.4 Å². The van der Waals surface area contributed by atoms with Gasteiger partial charge in [-0.3, -0.25) is 4.99 Å². The van der Waals surface area contributed by atoms with Crippen LogP contribution in [0.3, 0.4) is 0 Å². The SMILES string of the molecule is COc1ccc(CC2=NCCc3cc(OC)c(OCc4ccccc4)cc32)cc1Br.Cl. The highest BCUT2D eigenvalue weighted by molar-refractivity contribution is 9.10. The van der Waals surface area contributed by atoms with E-state index in [0.29, 0.717) is 6.61 Å². The number of hydrogen-bond acceptors (Lipinski definition) is 4. The molecule has 0 unspecified atom stereocenters. The molecule has 1 heterocycles. The van der Waals surface area contributed by atoms with Gasteiger partial charge in [0, 0.05) is 24.2 Å². The molecule has 0 aliphatic carbocycles. The molecule has 0 radical (unpaired) electrons. The van der Waals surface area contributed by atoms with Crippen LogP contribution in [0.5, 0.6) is 17.2 Å². The molecule has 4 nitrogen and oxygen atoms in total. The van der Waals surface area contributed by atoms with Crippen LogP contribution < -0.4 is 14.2 Å². The zero-order chi connectivity index (χ0) is 20.9. The van der Waals surface area contributed by atoms with Gasteiger partial charge in [0.15, 0.2) is 11.5 Å². The van der Waals surface area contributed by atoms with Crippen LogP contribution in [-0.4, -0.2) is 26.5 Å². The van der Waals surface area contributed by atoms with Crippen molar-refractivity contribution in [2.75, 3.05) is 20.8 Å². The van der Waals surface area contributed by atoms with Crippen molar-refractivity contribution >= 4 is 34.0 Å². The van der Waals surface area contributed by atoms with E-state index in [-0.39, 0.29) is 12.4 Å². The van der Waals surface area contributed by atoms with Crippen LogP contribution >= 0.6 is 28.3 Å². The number of benzene rings is 3. The molecule has 1 aliphatic heterocycles. The van der Waals surface area contributed by atoms with Gasteiger partial charge in [0.2, 0.25) is 0 Å². The predicted molar refractivity (Wildman–Crippen MR) is 131 cm³/mol. The average molecular weight is 503 g/mol. The molecule has 31 heavy (non-hydrogen) atoms. The first kappa shape index (κ1) is 23.2. The third-order valence-corrected chi connectivity index (χ3v) is 5.83. The van der Waals surface area contributed by atoms with Crippen LogP contribution in [-0.2, 0) is 19.4 Å². The molecule has 0 N–H and O–H groups in total. The number of ether oxygens (including phenoxy) is 3. The molecular weight excluding hydrogens is 478 g/mol. The van der Waals surface area contributed by atoms with E-state index in [1.807, 2.05) is 24.3 Å². The minimum Gasteiger partial charge on any atom is -0.496 e. The van der Waals surface area contributed by atoms with Crippen LogP contribution in [0.1, 0.15) is 22.3 Å². The van der Waals surface area contributed by atoms with Crippen molar-refractivity contribution in [3.8, 4) is 17.2 Å². The van der Waals surface area contributed by atoms with Crippen molar-refractivity contribution in [2.45, 2.75) is 19.4 Å². The highest BCUT2D eigenvalue weighted by Gasteiger charge is 2.19. The zero-order valence-corrected chi connectivity index (χ0v) is 20.0. The fraction of sp³-hybridized carbons (Fsp3) is 0.240. The van der Waals surface area contributed by atoms with E-state index in [4.69, 9.17) is 19.2 Å². The average Bonchev–Trinajstić information content (AvgIpc) is 2.78. The maximum absolute atomic E-state index is 6.12. The smallest absolute Gasteiger partial charge is 0.162 e. The topological polar surface area (TPSA) is 40.0 Å². The Morgan fingerprint density at radius 3 is 2.35 bits per heavy atom. The second-order valence-corrected chi connectivity index (χ2v) is 8.01. The van der Waals surface area contributed by atoms with Crippen molar-refractivity contribution in [2.24, 2.45) is 4.99 Å². The Kier molecular flexibility index (Phi) is 7.99. The van der Waals surface area contributed by atoms with Crippen LogP contribution in [0.15, 0.2) is 70.1 Å². The molecule has 0 aromatic heterocycles. The predicted octanol–water partition coefficient (Wildman–Crippen LogP) is 6.06. The first-order chi connectivity index (χ1) is 14.7. The first-order valence-electron chi connectivity index (χ1n) is 9.91. The summed E-state index contributed by atoms with van der Waals surface area (Å²) in [6.45, 7) is 1.28. The van der Waals surface area contributed by atoms with E-state index in [9.17, 15) is 0 Å². The van der Waals surface area contributed by atoms with Gasteiger partial charge < -0.3 is 14.2 Å². The number of rotatable bonds is 7.